The zero-order valence-corrected chi connectivity index (χ0v) is 12.0. The van der Waals surface area contributed by atoms with Crippen molar-refractivity contribution in [3.05, 3.63) is 29.3 Å². The molecule has 1 rings (SSSR count). The predicted molar refractivity (Wildman–Crippen MR) is 72.3 cm³/mol. The van der Waals surface area contributed by atoms with Crippen molar-refractivity contribution in [2.45, 2.75) is 39.1 Å². The molecule has 0 unspecified atom stereocenters. The second-order valence-corrected chi connectivity index (χ2v) is 5.38. The molecule has 0 heterocycles. The standard InChI is InChI=1S/C13H18F3N3O2/c1-12(2,3)21-11(20)19-10-6-9(13(14,15)16)5-4-8(10)7-18-17/h4-6,18H,7,17H2,1-3H3,(H,19,20). The van der Waals surface area contributed by atoms with Gasteiger partial charge in [-0.1, -0.05) is 6.07 Å². The number of nitrogens with one attached hydrogen (secondary N) is 2. The highest BCUT2D eigenvalue weighted by atomic mass is 19.4. The Morgan fingerprint density at radius 3 is 2.38 bits per heavy atom. The Morgan fingerprint density at radius 1 is 1.29 bits per heavy atom. The van der Waals surface area contributed by atoms with Gasteiger partial charge in [-0.2, -0.15) is 13.2 Å². The molecule has 1 amide bonds. The summed E-state index contributed by atoms with van der Waals surface area (Å²) in [5, 5.41) is 2.31. The van der Waals surface area contributed by atoms with E-state index in [4.69, 9.17) is 10.6 Å². The van der Waals surface area contributed by atoms with Gasteiger partial charge >= 0.3 is 12.3 Å². The maximum absolute atomic E-state index is 12.7. The molecule has 1 aromatic rings. The average Bonchev–Trinajstić information content (AvgIpc) is 2.27. The van der Waals surface area contributed by atoms with Crippen molar-refractivity contribution in [2.24, 2.45) is 5.84 Å². The molecule has 118 valence electrons. The summed E-state index contributed by atoms with van der Waals surface area (Å²) in [4.78, 5) is 11.7. The zero-order valence-electron chi connectivity index (χ0n) is 12.0. The molecule has 0 atom stereocenters. The van der Waals surface area contributed by atoms with Crippen LogP contribution in [0.25, 0.3) is 0 Å². The molecule has 0 bridgehead atoms. The van der Waals surface area contributed by atoms with E-state index < -0.39 is 23.4 Å². The van der Waals surface area contributed by atoms with E-state index in [1.165, 1.54) is 6.07 Å². The Bertz CT molecular complexity index is 510. The predicted octanol–water partition coefficient (Wildman–Crippen LogP) is 3.02. The van der Waals surface area contributed by atoms with Gasteiger partial charge in [0.25, 0.3) is 0 Å². The first kappa shape index (κ1) is 17.3. The molecule has 0 saturated carbocycles. The third-order valence-corrected chi connectivity index (χ3v) is 2.37. The van der Waals surface area contributed by atoms with E-state index in [-0.39, 0.29) is 12.2 Å². The van der Waals surface area contributed by atoms with Gasteiger partial charge in [0, 0.05) is 12.2 Å². The third kappa shape index (κ3) is 5.60. The molecule has 4 N–H and O–H groups in total. The number of rotatable bonds is 3. The number of carbonyl (C=O) groups excluding carboxylic acids is 1. The van der Waals surface area contributed by atoms with Crippen molar-refractivity contribution in [1.82, 2.24) is 5.43 Å². The molecule has 0 aromatic heterocycles. The van der Waals surface area contributed by atoms with Crippen molar-refractivity contribution in [1.29, 1.82) is 0 Å². The lowest BCUT2D eigenvalue weighted by Gasteiger charge is -2.21. The van der Waals surface area contributed by atoms with Crippen LogP contribution in [-0.4, -0.2) is 11.7 Å². The van der Waals surface area contributed by atoms with Gasteiger partial charge in [-0.3, -0.25) is 16.6 Å². The number of hydrogen-bond acceptors (Lipinski definition) is 4. The van der Waals surface area contributed by atoms with E-state index >= 15 is 0 Å². The van der Waals surface area contributed by atoms with Crippen LogP contribution in [0.1, 0.15) is 31.9 Å². The van der Waals surface area contributed by atoms with Gasteiger partial charge in [0.15, 0.2) is 0 Å². The van der Waals surface area contributed by atoms with E-state index in [0.29, 0.717) is 5.56 Å². The fraction of sp³-hybridized carbons (Fsp3) is 0.462. The molecule has 0 spiro atoms. The number of anilines is 1. The summed E-state index contributed by atoms with van der Waals surface area (Å²) in [6.07, 6.45) is -5.33. The highest BCUT2D eigenvalue weighted by Crippen LogP contribution is 2.32. The number of carbonyl (C=O) groups is 1. The van der Waals surface area contributed by atoms with Crippen LogP contribution in [0.4, 0.5) is 23.7 Å². The van der Waals surface area contributed by atoms with E-state index in [9.17, 15) is 18.0 Å². The van der Waals surface area contributed by atoms with E-state index in [0.717, 1.165) is 12.1 Å². The van der Waals surface area contributed by atoms with Gasteiger partial charge in [-0.25, -0.2) is 4.79 Å². The highest BCUT2D eigenvalue weighted by Gasteiger charge is 2.31. The summed E-state index contributed by atoms with van der Waals surface area (Å²) in [6.45, 7) is 5.06. The number of hydrazine groups is 1. The summed E-state index contributed by atoms with van der Waals surface area (Å²) in [5.41, 5.74) is 1.12. The summed E-state index contributed by atoms with van der Waals surface area (Å²) in [6, 6.07) is 3.01. The van der Waals surface area contributed by atoms with Gasteiger partial charge in [0.05, 0.1) is 5.56 Å². The first-order valence-corrected chi connectivity index (χ1v) is 6.16. The van der Waals surface area contributed by atoms with Gasteiger partial charge in [0.2, 0.25) is 0 Å². The normalized spacial score (nSPS) is 12.1. The van der Waals surface area contributed by atoms with E-state index in [1.807, 2.05) is 0 Å². The first-order chi connectivity index (χ1) is 9.53. The van der Waals surface area contributed by atoms with E-state index in [2.05, 4.69) is 10.7 Å². The average molecular weight is 305 g/mol. The van der Waals surface area contributed by atoms with E-state index in [1.54, 1.807) is 20.8 Å². The minimum Gasteiger partial charge on any atom is -0.444 e. The van der Waals surface area contributed by atoms with Crippen molar-refractivity contribution in [3.8, 4) is 0 Å². The molecule has 8 heteroatoms. The second kappa shape index (κ2) is 6.31. The molecule has 5 nitrogen and oxygen atoms in total. The Balaban J connectivity index is 3.04. The quantitative estimate of drug-likeness (QED) is 0.592. The number of hydrogen-bond donors (Lipinski definition) is 3. The zero-order chi connectivity index (χ0) is 16.3. The monoisotopic (exact) mass is 305 g/mol. The Labute approximate surface area is 120 Å². The van der Waals surface area contributed by atoms with Crippen LogP contribution in [0.2, 0.25) is 0 Å². The number of halogens is 3. The molecule has 0 aliphatic carbocycles. The highest BCUT2D eigenvalue weighted by molar-refractivity contribution is 5.86. The van der Waals surface area contributed by atoms with Crippen molar-refractivity contribution in [3.63, 3.8) is 0 Å². The number of nitrogens with two attached hydrogens (primary N) is 1. The maximum Gasteiger partial charge on any atom is 0.416 e. The van der Waals surface area contributed by atoms with Crippen molar-refractivity contribution in [2.75, 3.05) is 5.32 Å². The van der Waals surface area contributed by atoms with Gasteiger partial charge in [-0.15, -0.1) is 0 Å². The largest absolute Gasteiger partial charge is 0.444 e. The van der Waals surface area contributed by atoms with Crippen LogP contribution < -0.4 is 16.6 Å². The van der Waals surface area contributed by atoms with Gasteiger partial charge in [0.1, 0.15) is 5.60 Å². The maximum atomic E-state index is 12.7. The molecule has 1 aromatic carbocycles. The molecule has 0 aliphatic rings. The van der Waals surface area contributed by atoms with Gasteiger partial charge < -0.3 is 4.74 Å². The summed E-state index contributed by atoms with van der Waals surface area (Å²) >= 11 is 0. The lowest BCUT2D eigenvalue weighted by Crippen LogP contribution is -2.28. The smallest absolute Gasteiger partial charge is 0.416 e. The molecular weight excluding hydrogens is 287 g/mol. The SMILES string of the molecule is CC(C)(C)OC(=O)Nc1cc(C(F)(F)F)ccc1CNN. The summed E-state index contributed by atoms with van der Waals surface area (Å²) in [5.74, 6) is 5.17. The number of alkyl halides is 3. The third-order valence-electron chi connectivity index (χ3n) is 2.37. The van der Waals surface area contributed by atoms with Crippen LogP contribution in [0.3, 0.4) is 0 Å². The molecule has 0 aliphatic heterocycles. The van der Waals surface area contributed by atoms with Crippen LogP contribution in [0, 0.1) is 0 Å². The molecule has 21 heavy (non-hydrogen) atoms. The molecule has 0 radical (unpaired) electrons. The first-order valence-electron chi connectivity index (χ1n) is 6.16. The Hall–Kier alpha value is -1.80. The van der Waals surface area contributed by atoms with Crippen LogP contribution >= 0.6 is 0 Å². The Kier molecular flexibility index (Phi) is 5.19. The Morgan fingerprint density at radius 2 is 1.90 bits per heavy atom. The van der Waals surface area contributed by atoms with Crippen LogP contribution in [-0.2, 0) is 17.5 Å². The number of ether oxygens (including phenoxy) is 1. The number of benzene rings is 1. The minimum atomic E-state index is -4.50. The van der Waals surface area contributed by atoms with Crippen molar-refractivity contribution >= 4 is 11.8 Å². The van der Waals surface area contributed by atoms with Crippen molar-refractivity contribution < 1.29 is 22.7 Å². The lowest BCUT2D eigenvalue weighted by molar-refractivity contribution is -0.137. The topological polar surface area (TPSA) is 76.4 Å². The minimum absolute atomic E-state index is 0.00275. The molecule has 0 fully saturated rings. The molecule has 0 saturated heterocycles. The number of amides is 1. The van der Waals surface area contributed by atoms with Crippen LogP contribution in [0.5, 0.6) is 0 Å². The fourth-order valence-corrected chi connectivity index (χ4v) is 1.55. The van der Waals surface area contributed by atoms with Gasteiger partial charge in [-0.05, 0) is 38.5 Å². The lowest BCUT2D eigenvalue weighted by atomic mass is 10.1. The van der Waals surface area contributed by atoms with Crippen LogP contribution in [0.15, 0.2) is 18.2 Å². The second-order valence-electron chi connectivity index (χ2n) is 5.38. The summed E-state index contributed by atoms with van der Waals surface area (Å²) < 4.78 is 43.1. The summed E-state index contributed by atoms with van der Waals surface area (Å²) in [7, 11) is 0. The fourth-order valence-electron chi connectivity index (χ4n) is 1.55. The molecular formula is C13H18F3N3O2.